The number of halogens is 1. The SMILES string of the molecule is [CH2][C@H]1OC(C)(C)O[C@@H]1Cc1ccccc1Cl. The Morgan fingerprint density at radius 1 is 1.31 bits per heavy atom. The zero-order chi connectivity index (χ0) is 11.8. The zero-order valence-electron chi connectivity index (χ0n) is 9.57. The van der Waals surface area contributed by atoms with Crippen LogP contribution in [-0.2, 0) is 15.9 Å². The topological polar surface area (TPSA) is 18.5 Å². The summed E-state index contributed by atoms with van der Waals surface area (Å²) in [5.74, 6) is -0.543. The molecule has 1 aromatic rings. The lowest BCUT2D eigenvalue weighted by molar-refractivity contribution is -0.142. The van der Waals surface area contributed by atoms with Gasteiger partial charge in [-0.3, -0.25) is 0 Å². The van der Waals surface area contributed by atoms with Crippen LogP contribution in [0.1, 0.15) is 19.4 Å². The summed E-state index contributed by atoms with van der Waals surface area (Å²) in [6, 6.07) is 7.78. The van der Waals surface area contributed by atoms with Gasteiger partial charge in [0.1, 0.15) is 0 Å². The van der Waals surface area contributed by atoms with E-state index in [9.17, 15) is 0 Å². The van der Waals surface area contributed by atoms with Gasteiger partial charge in [-0.1, -0.05) is 29.8 Å². The first-order valence-corrected chi connectivity index (χ1v) is 5.78. The van der Waals surface area contributed by atoms with Gasteiger partial charge in [-0.15, -0.1) is 0 Å². The normalized spacial score (nSPS) is 28.2. The maximum atomic E-state index is 6.10. The number of benzene rings is 1. The number of hydrogen-bond donors (Lipinski definition) is 0. The van der Waals surface area contributed by atoms with E-state index in [0.29, 0.717) is 0 Å². The highest BCUT2D eigenvalue weighted by atomic mass is 35.5. The van der Waals surface area contributed by atoms with E-state index < -0.39 is 5.79 Å². The standard InChI is InChI=1S/C13H16ClO2/c1-9-12(16-13(2,3)15-9)8-10-6-4-5-7-11(10)14/h4-7,9,12H,1,8H2,2-3H3/t9-,12-/m1/s1. The Balaban J connectivity index is 2.09. The first-order valence-electron chi connectivity index (χ1n) is 5.40. The van der Waals surface area contributed by atoms with Crippen LogP contribution in [0.15, 0.2) is 24.3 Å². The molecule has 2 nitrogen and oxygen atoms in total. The highest BCUT2D eigenvalue weighted by Crippen LogP contribution is 2.30. The van der Waals surface area contributed by atoms with Crippen LogP contribution in [-0.4, -0.2) is 18.0 Å². The van der Waals surface area contributed by atoms with Crippen molar-refractivity contribution in [1.82, 2.24) is 0 Å². The number of hydrogen-bond acceptors (Lipinski definition) is 2. The molecule has 0 bridgehead atoms. The van der Waals surface area contributed by atoms with Gasteiger partial charge in [0, 0.05) is 11.4 Å². The van der Waals surface area contributed by atoms with E-state index in [-0.39, 0.29) is 12.2 Å². The summed E-state index contributed by atoms with van der Waals surface area (Å²) < 4.78 is 11.4. The van der Waals surface area contributed by atoms with Gasteiger partial charge in [-0.2, -0.15) is 0 Å². The Hall–Kier alpha value is -0.570. The van der Waals surface area contributed by atoms with Crippen LogP contribution in [0.4, 0.5) is 0 Å². The van der Waals surface area contributed by atoms with Crippen LogP contribution in [0.25, 0.3) is 0 Å². The molecule has 0 spiro atoms. The average molecular weight is 240 g/mol. The van der Waals surface area contributed by atoms with E-state index >= 15 is 0 Å². The molecular weight excluding hydrogens is 224 g/mol. The fourth-order valence-electron chi connectivity index (χ4n) is 1.96. The van der Waals surface area contributed by atoms with Gasteiger partial charge in [0.2, 0.25) is 0 Å². The Bertz CT molecular complexity index is 376. The molecule has 0 aliphatic carbocycles. The van der Waals surface area contributed by atoms with Gasteiger partial charge in [-0.25, -0.2) is 0 Å². The molecule has 3 heteroatoms. The maximum absolute atomic E-state index is 6.10. The van der Waals surface area contributed by atoms with Gasteiger partial charge >= 0.3 is 0 Å². The molecule has 1 aliphatic heterocycles. The lowest BCUT2D eigenvalue weighted by Gasteiger charge is -2.17. The molecule has 1 radical (unpaired) electrons. The monoisotopic (exact) mass is 239 g/mol. The van der Waals surface area contributed by atoms with Crippen molar-refractivity contribution in [2.45, 2.75) is 38.3 Å². The maximum Gasteiger partial charge on any atom is 0.163 e. The molecule has 0 N–H and O–H groups in total. The van der Waals surface area contributed by atoms with Crippen molar-refractivity contribution in [3.05, 3.63) is 41.8 Å². The summed E-state index contributed by atoms with van der Waals surface area (Å²) in [4.78, 5) is 0. The van der Waals surface area contributed by atoms with E-state index in [1.54, 1.807) is 0 Å². The largest absolute Gasteiger partial charge is 0.345 e. The summed E-state index contributed by atoms with van der Waals surface area (Å²) in [6.45, 7) is 7.75. The second-order valence-corrected chi connectivity index (χ2v) is 4.92. The summed E-state index contributed by atoms with van der Waals surface area (Å²) in [5, 5.41) is 0.767. The highest BCUT2D eigenvalue weighted by molar-refractivity contribution is 6.31. The molecule has 1 fully saturated rings. The predicted octanol–water partition coefficient (Wildman–Crippen LogP) is 3.24. The number of rotatable bonds is 2. The minimum Gasteiger partial charge on any atom is -0.345 e. The smallest absolute Gasteiger partial charge is 0.163 e. The minimum atomic E-state index is -0.543. The zero-order valence-corrected chi connectivity index (χ0v) is 10.3. The van der Waals surface area contributed by atoms with Gasteiger partial charge in [-0.05, 0) is 32.4 Å². The lowest BCUT2D eigenvalue weighted by Crippen LogP contribution is -2.23. The first kappa shape index (κ1) is 11.9. The van der Waals surface area contributed by atoms with E-state index in [1.165, 1.54) is 0 Å². The van der Waals surface area contributed by atoms with Crippen molar-refractivity contribution in [2.24, 2.45) is 0 Å². The van der Waals surface area contributed by atoms with Gasteiger partial charge in [0.15, 0.2) is 5.79 Å². The highest BCUT2D eigenvalue weighted by Gasteiger charge is 2.38. The van der Waals surface area contributed by atoms with Crippen molar-refractivity contribution in [3.63, 3.8) is 0 Å². The van der Waals surface area contributed by atoms with Gasteiger partial charge in [0.05, 0.1) is 12.2 Å². The predicted molar refractivity (Wildman–Crippen MR) is 64.3 cm³/mol. The molecule has 2 rings (SSSR count). The molecule has 1 aromatic carbocycles. The Labute approximate surface area is 102 Å². The Morgan fingerprint density at radius 2 is 2.00 bits per heavy atom. The molecule has 1 saturated heterocycles. The van der Waals surface area contributed by atoms with Crippen LogP contribution < -0.4 is 0 Å². The molecule has 16 heavy (non-hydrogen) atoms. The second kappa shape index (κ2) is 4.36. The van der Waals surface area contributed by atoms with E-state index in [1.807, 2.05) is 38.1 Å². The summed E-state index contributed by atoms with van der Waals surface area (Å²) in [6.07, 6.45) is 0.554. The van der Waals surface area contributed by atoms with E-state index in [4.69, 9.17) is 21.1 Å². The molecule has 0 unspecified atom stereocenters. The van der Waals surface area contributed by atoms with E-state index in [0.717, 1.165) is 17.0 Å². The fraction of sp³-hybridized carbons (Fsp3) is 0.462. The van der Waals surface area contributed by atoms with Crippen LogP contribution in [0.3, 0.4) is 0 Å². The van der Waals surface area contributed by atoms with Crippen LogP contribution in [0.5, 0.6) is 0 Å². The van der Waals surface area contributed by atoms with Crippen molar-refractivity contribution in [3.8, 4) is 0 Å². The quantitative estimate of drug-likeness (QED) is 0.789. The first-order chi connectivity index (χ1) is 7.48. The molecule has 1 aliphatic rings. The lowest BCUT2D eigenvalue weighted by atomic mass is 10.0. The second-order valence-electron chi connectivity index (χ2n) is 4.51. The molecule has 87 valence electrons. The summed E-state index contributed by atoms with van der Waals surface area (Å²) in [5.41, 5.74) is 1.07. The Morgan fingerprint density at radius 3 is 2.56 bits per heavy atom. The molecule has 0 amide bonds. The van der Waals surface area contributed by atoms with Crippen LogP contribution >= 0.6 is 11.6 Å². The fourth-order valence-corrected chi connectivity index (χ4v) is 2.18. The van der Waals surface area contributed by atoms with Crippen molar-refractivity contribution in [2.75, 3.05) is 0 Å². The molecule has 1 heterocycles. The van der Waals surface area contributed by atoms with Gasteiger partial charge < -0.3 is 9.47 Å². The van der Waals surface area contributed by atoms with Gasteiger partial charge in [0.25, 0.3) is 0 Å². The average Bonchev–Trinajstić information content (AvgIpc) is 2.44. The van der Waals surface area contributed by atoms with Crippen molar-refractivity contribution in [1.29, 1.82) is 0 Å². The van der Waals surface area contributed by atoms with Crippen molar-refractivity contribution < 1.29 is 9.47 Å². The van der Waals surface area contributed by atoms with Crippen LogP contribution in [0.2, 0.25) is 5.02 Å². The molecule has 2 atom stereocenters. The van der Waals surface area contributed by atoms with Crippen molar-refractivity contribution >= 4 is 11.6 Å². The van der Waals surface area contributed by atoms with E-state index in [2.05, 4.69) is 6.92 Å². The minimum absolute atomic E-state index is 0.0325. The Kier molecular flexibility index (Phi) is 3.24. The molecular formula is C13H16ClO2. The summed E-state index contributed by atoms with van der Waals surface area (Å²) in [7, 11) is 0. The molecule has 0 saturated carbocycles. The summed E-state index contributed by atoms with van der Waals surface area (Å²) >= 11 is 6.10. The third-order valence-electron chi connectivity index (χ3n) is 2.66. The third-order valence-corrected chi connectivity index (χ3v) is 3.03. The number of ether oxygens (including phenoxy) is 2. The third kappa shape index (κ3) is 2.57. The van der Waals surface area contributed by atoms with Crippen LogP contribution in [0, 0.1) is 6.92 Å². The molecule has 0 aromatic heterocycles.